The number of nitrogens with zero attached hydrogens (tertiary/aromatic N) is 2. The first-order valence-electron chi connectivity index (χ1n) is 8.13. The molecule has 0 radical (unpaired) electrons. The fourth-order valence-electron chi connectivity index (χ4n) is 2.75. The minimum absolute atomic E-state index is 0.141. The molecule has 1 aromatic heterocycles. The molecule has 128 valence electrons. The predicted molar refractivity (Wildman–Crippen MR) is 92.3 cm³/mol. The van der Waals surface area contributed by atoms with Crippen molar-refractivity contribution in [3.63, 3.8) is 0 Å². The van der Waals surface area contributed by atoms with Crippen molar-refractivity contribution in [2.45, 2.75) is 46.1 Å². The summed E-state index contributed by atoms with van der Waals surface area (Å²) in [6, 6.07) is 8.92. The van der Waals surface area contributed by atoms with E-state index in [1.807, 2.05) is 11.6 Å². The second-order valence-electron chi connectivity index (χ2n) is 5.77. The fourth-order valence-corrected chi connectivity index (χ4v) is 2.75. The number of amides is 1. The standard InChI is InChI=1S/C18H23N3O3/c1-4-14(5-2)21-12(3)10-16(20-21)18(24)19-15-9-7-6-8-13(15)11-17(22)23/h6-10,14H,4-5,11H2,1-3H3,(H,19,24)(H,22,23). The van der Waals surface area contributed by atoms with E-state index in [4.69, 9.17) is 5.11 Å². The Morgan fingerprint density at radius 2 is 1.92 bits per heavy atom. The van der Waals surface area contributed by atoms with Gasteiger partial charge in [-0.3, -0.25) is 14.3 Å². The third-order valence-electron chi connectivity index (χ3n) is 4.05. The van der Waals surface area contributed by atoms with E-state index in [-0.39, 0.29) is 18.4 Å². The molecule has 1 amide bonds. The molecular weight excluding hydrogens is 306 g/mol. The van der Waals surface area contributed by atoms with Gasteiger partial charge in [-0.2, -0.15) is 5.10 Å². The lowest BCUT2D eigenvalue weighted by Gasteiger charge is -2.14. The van der Waals surface area contributed by atoms with Gasteiger partial charge in [-0.1, -0.05) is 32.0 Å². The molecule has 0 bridgehead atoms. The van der Waals surface area contributed by atoms with Gasteiger partial charge in [0.1, 0.15) is 0 Å². The maximum atomic E-state index is 12.5. The van der Waals surface area contributed by atoms with E-state index in [1.165, 1.54) is 0 Å². The number of hydrogen-bond donors (Lipinski definition) is 2. The Hall–Kier alpha value is -2.63. The molecule has 6 nitrogen and oxygen atoms in total. The van der Waals surface area contributed by atoms with E-state index in [2.05, 4.69) is 24.3 Å². The van der Waals surface area contributed by atoms with Gasteiger partial charge < -0.3 is 10.4 Å². The Morgan fingerprint density at radius 1 is 1.25 bits per heavy atom. The Labute approximate surface area is 141 Å². The molecule has 2 rings (SSSR count). The summed E-state index contributed by atoms with van der Waals surface area (Å²) in [4.78, 5) is 23.4. The van der Waals surface area contributed by atoms with Crippen LogP contribution in [0.25, 0.3) is 0 Å². The molecule has 0 saturated heterocycles. The van der Waals surface area contributed by atoms with Crippen LogP contribution in [0.2, 0.25) is 0 Å². The summed E-state index contributed by atoms with van der Waals surface area (Å²) in [5.41, 5.74) is 2.34. The molecule has 1 aromatic carbocycles. The van der Waals surface area contributed by atoms with Gasteiger partial charge in [0.05, 0.1) is 12.5 Å². The summed E-state index contributed by atoms with van der Waals surface area (Å²) < 4.78 is 1.89. The number of para-hydroxylation sites is 1. The minimum Gasteiger partial charge on any atom is -0.481 e. The number of aryl methyl sites for hydroxylation is 1. The molecule has 1 heterocycles. The maximum Gasteiger partial charge on any atom is 0.307 e. The highest BCUT2D eigenvalue weighted by Crippen LogP contribution is 2.20. The van der Waals surface area contributed by atoms with Gasteiger partial charge in [0, 0.05) is 11.4 Å². The van der Waals surface area contributed by atoms with Crippen LogP contribution in [0, 0.1) is 6.92 Å². The van der Waals surface area contributed by atoms with Gasteiger partial charge in [0.2, 0.25) is 0 Å². The topological polar surface area (TPSA) is 84.2 Å². The van der Waals surface area contributed by atoms with Crippen molar-refractivity contribution in [1.82, 2.24) is 9.78 Å². The number of aliphatic carboxylic acids is 1. The molecule has 0 fully saturated rings. The molecule has 0 saturated carbocycles. The SMILES string of the molecule is CCC(CC)n1nc(C(=O)Nc2ccccc2CC(=O)O)cc1C. The van der Waals surface area contributed by atoms with Crippen molar-refractivity contribution in [3.05, 3.63) is 47.3 Å². The molecule has 0 spiro atoms. The van der Waals surface area contributed by atoms with E-state index in [9.17, 15) is 9.59 Å². The van der Waals surface area contributed by atoms with Gasteiger partial charge in [-0.25, -0.2) is 0 Å². The Kier molecular flexibility index (Phi) is 5.73. The van der Waals surface area contributed by atoms with Crippen LogP contribution in [0.5, 0.6) is 0 Å². The number of aromatic nitrogens is 2. The summed E-state index contributed by atoms with van der Waals surface area (Å²) in [5, 5.41) is 16.2. The smallest absolute Gasteiger partial charge is 0.307 e. The van der Waals surface area contributed by atoms with Crippen molar-refractivity contribution in [2.75, 3.05) is 5.32 Å². The van der Waals surface area contributed by atoms with Gasteiger partial charge in [0.25, 0.3) is 5.91 Å². The quantitative estimate of drug-likeness (QED) is 0.815. The molecule has 2 N–H and O–H groups in total. The van der Waals surface area contributed by atoms with Crippen LogP contribution in [0.15, 0.2) is 30.3 Å². The third-order valence-corrected chi connectivity index (χ3v) is 4.05. The summed E-state index contributed by atoms with van der Waals surface area (Å²) in [6.45, 7) is 6.12. The van der Waals surface area contributed by atoms with E-state index in [0.29, 0.717) is 16.9 Å². The highest BCUT2D eigenvalue weighted by molar-refractivity contribution is 6.03. The molecule has 0 unspecified atom stereocenters. The molecule has 24 heavy (non-hydrogen) atoms. The Bertz CT molecular complexity index is 733. The first-order chi connectivity index (χ1) is 11.5. The van der Waals surface area contributed by atoms with E-state index >= 15 is 0 Å². The first kappa shape index (κ1) is 17.7. The van der Waals surface area contributed by atoms with Crippen LogP contribution in [0.1, 0.15) is 54.5 Å². The number of carboxylic acids is 1. The summed E-state index contributed by atoms with van der Waals surface area (Å²) in [6.07, 6.45) is 1.75. The van der Waals surface area contributed by atoms with Crippen molar-refractivity contribution in [3.8, 4) is 0 Å². The molecule has 2 aromatic rings. The van der Waals surface area contributed by atoms with E-state index < -0.39 is 5.97 Å². The van der Waals surface area contributed by atoms with Gasteiger partial charge in [0.15, 0.2) is 5.69 Å². The molecule has 0 aliphatic rings. The van der Waals surface area contributed by atoms with E-state index in [1.54, 1.807) is 30.3 Å². The second-order valence-corrected chi connectivity index (χ2v) is 5.77. The van der Waals surface area contributed by atoms with Crippen LogP contribution in [0.3, 0.4) is 0 Å². The van der Waals surface area contributed by atoms with Crippen LogP contribution >= 0.6 is 0 Å². The highest BCUT2D eigenvalue weighted by Gasteiger charge is 2.17. The predicted octanol–water partition coefficient (Wildman–Crippen LogP) is 3.43. The lowest BCUT2D eigenvalue weighted by Crippen LogP contribution is -2.16. The van der Waals surface area contributed by atoms with Crippen molar-refractivity contribution in [1.29, 1.82) is 0 Å². The number of carboxylic acid groups (broad SMARTS) is 1. The van der Waals surface area contributed by atoms with Gasteiger partial charge >= 0.3 is 5.97 Å². The summed E-state index contributed by atoms with van der Waals surface area (Å²) in [5.74, 6) is -1.27. The normalized spacial score (nSPS) is 10.8. The molecular formula is C18H23N3O3. The average molecular weight is 329 g/mol. The molecule has 6 heteroatoms. The Morgan fingerprint density at radius 3 is 2.54 bits per heavy atom. The lowest BCUT2D eigenvalue weighted by atomic mass is 10.1. The van der Waals surface area contributed by atoms with Crippen LogP contribution < -0.4 is 5.32 Å². The minimum atomic E-state index is -0.939. The fraction of sp³-hybridized carbons (Fsp3) is 0.389. The number of anilines is 1. The monoisotopic (exact) mass is 329 g/mol. The largest absolute Gasteiger partial charge is 0.481 e. The van der Waals surface area contributed by atoms with Gasteiger partial charge in [-0.15, -0.1) is 0 Å². The molecule has 0 aliphatic carbocycles. The zero-order chi connectivity index (χ0) is 17.7. The zero-order valence-electron chi connectivity index (χ0n) is 14.2. The number of hydrogen-bond acceptors (Lipinski definition) is 3. The Balaban J connectivity index is 2.22. The second kappa shape index (κ2) is 7.77. The van der Waals surface area contributed by atoms with Crippen molar-refractivity contribution in [2.24, 2.45) is 0 Å². The van der Waals surface area contributed by atoms with Gasteiger partial charge in [-0.05, 0) is 37.5 Å². The molecule has 0 atom stereocenters. The van der Waals surface area contributed by atoms with Crippen LogP contribution in [0.4, 0.5) is 5.69 Å². The maximum absolute atomic E-state index is 12.5. The van der Waals surface area contributed by atoms with Crippen LogP contribution in [-0.2, 0) is 11.2 Å². The number of benzene rings is 1. The highest BCUT2D eigenvalue weighted by atomic mass is 16.4. The first-order valence-corrected chi connectivity index (χ1v) is 8.13. The summed E-state index contributed by atoms with van der Waals surface area (Å²) in [7, 11) is 0. The van der Waals surface area contributed by atoms with Crippen molar-refractivity contribution >= 4 is 17.6 Å². The number of carbonyl (C=O) groups is 2. The average Bonchev–Trinajstić information content (AvgIpc) is 2.92. The lowest BCUT2D eigenvalue weighted by molar-refractivity contribution is -0.136. The number of nitrogens with one attached hydrogen (secondary N) is 1. The van der Waals surface area contributed by atoms with E-state index in [0.717, 1.165) is 18.5 Å². The van der Waals surface area contributed by atoms with Crippen LogP contribution in [-0.4, -0.2) is 26.8 Å². The number of carbonyl (C=O) groups excluding carboxylic acids is 1. The molecule has 0 aliphatic heterocycles. The third kappa shape index (κ3) is 4.01. The summed E-state index contributed by atoms with van der Waals surface area (Å²) >= 11 is 0. The van der Waals surface area contributed by atoms with Crippen molar-refractivity contribution < 1.29 is 14.7 Å². The number of rotatable bonds is 7. The zero-order valence-corrected chi connectivity index (χ0v) is 14.2.